The predicted molar refractivity (Wildman–Crippen MR) is 71.5 cm³/mol. The number of rotatable bonds is 2. The molecule has 0 saturated heterocycles. The predicted octanol–water partition coefficient (Wildman–Crippen LogP) is 2.52. The Morgan fingerprint density at radius 2 is 1.65 bits per heavy atom. The minimum Gasteiger partial charge on any atom is -0.338 e. The molecule has 0 bridgehead atoms. The Kier molecular flexibility index (Phi) is 3.19. The lowest BCUT2D eigenvalue weighted by Crippen LogP contribution is -2.17. The molecule has 1 unspecified atom stereocenters. The Labute approximate surface area is 101 Å². The second-order valence-corrected chi connectivity index (χ2v) is 6.35. The van der Waals surface area contributed by atoms with Crippen molar-refractivity contribution >= 4 is 18.0 Å². The Bertz CT molecular complexity index is 576. The zero-order valence-electron chi connectivity index (χ0n) is 9.92. The molecule has 88 valence electrons. The summed E-state index contributed by atoms with van der Waals surface area (Å²) in [6.45, 7) is 3.84. The molecule has 0 spiro atoms. The van der Waals surface area contributed by atoms with E-state index < -0.39 is 7.37 Å². The molecule has 0 heterocycles. The van der Waals surface area contributed by atoms with Crippen LogP contribution >= 0.6 is 7.37 Å². The summed E-state index contributed by atoms with van der Waals surface area (Å²) in [4.78, 5) is 10.3. The van der Waals surface area contributed by atoms with Crippen molar-refractivity contribution in [3.05, 3.63) is 59.7 Å². The Morgan fingerprint density at radius 1 is 1.00 bits per heavy atom. The van der Waals surface area contributed by atoms with Crippen LogP contribution in [0.2, 0.25) is 0 Å². The molecule has 2 aromatic carbocycles. The highest BCUT2D eigenvalue weighted by molar-refractivity contribution is 7.73. The largest absolute Gasteiger partial charge is 0.338 e. The smallest absolute Gasteiger partial charge is 0.259 e. The molecule has 2 nitrogen and oxygen atoms in total. The molecule has 0 aliphatic rings. The van der Waals surface area contributed by atoms with Crippen molar-refractivity contribution in [3.63, 3.8) is 0 Å². The lowest BCUT2D eigenvalue weighted by molar-refractivity contribution is 0.501. The van der Waals surface area contributed by atoms with E-state index in [1.54, 1.807) is 30.3 Å². The third-order valence-corrected chi connectivity index (χ3v) is 4.94. The van der Waals surface area contributed by atoms with Crippen LogP contribution in [0.4, 0.5) is 0 Å². The van der Waals surface area contributed by atoms with Crippen LogP contribution < -0.4 is 10.6 Å². The van der Waals surface area contributed by atoms with Crippen LogP contribution in [-0.2, 0) is 4.57 Å². The fourth-order valence-corrected chi connectivity index (χ4v) is 3.59. The molecule has 3 heteroatoms. The normalized spacial score (nSPS) is 14.3. The van der Waals surface area contributed by atoms with Gasteiger partial charge in [0.05, 0.1) is 0 Å². The summed E-state index contributed by atoms with van der Waals surface area (Å²) in [7, 11) is -3.45. The van der Waals surface area contributed by atoms with Gasteiger partial charge in [0, 0.05) is 10.6 Å². The molecule has 0 fully saturated rings. The SMILES string of the molecule is Cc1ccc(P(=O)(O)c2ccccc2)c(C)c1. The van der Waals surface area contributed by atoms with Gasteiger partial charge in [-0.25, -0.2) is 0 Å². The number of benzene rings is 2. The van der Waals surface area contributed by atoms with Crippen molar-refractivity contribution in [2.75, 3.05) is 0 Å². The van der Waals surface area contributed by atoms with Gasteiger partial charge in [0.15, 0.2) is 0 Å². The molecule has 0 aliphatic heterocycles. The van der Waals surface area contributed by atoms with Crippen LogP contribution in [0.1, 0.15) is 11.1 Å². The van der Waals surface area contributed by atoms with E-state index in [4.69, 9.17) is 0 Å². The van der Waals surface area contributed by atoms with Crippen LogP contribution in [0.5, 0.6) is 0 Å². The van der Waals surface area contributed by atoms with Crippen LogP contribution in [0, 0.1) is 13.8 Å². The van der Waals surface area contributed by atoms with Crippen molar-refractivity contribution in [2.24, 2.45) is 0 Å². The fraction of sp³-hybridized carbons (Fsp3) is 0.143. The average molecular weight is 246 g/mol. The highest BCUT2D eigenvalue weighted by Crippen LogP contribution is 2.39. The Hall–Kier alpha value is -1.37. The third kappa shape index (κ3) is 2.33. The van der Waals surface area contributed by atoms with Gasteiger partial charge in [-0.05, 0) is 37.6 Å². The maximum Gasteiger partial charge on any atom is 0.259 e. The molecular formula is C14H15O2P. The van der Waals surface area contributed by atoms with Crippen molar-refractivity contribution in [1.82, 2.24) is 0 Å². The van der Waals surface area contributed by atoms with E-state index in [1.165, 1.54) is 0 Å². The van der Waals surface area contributed by atoms with Crippen molar-refractivity contribution in [2.45, 2.75) is 13.8 Å². The standard InChI is InChI=1S/C14H15O2P/c1-11-8-9-14(12(2)10-11)17(15,16)13-6-4-3-5-7-13/h3-10H,1-2H3,(H,15,16). The number of aryl methyl sites for hydroxylation is 2. The Morgan fingerprint density at radius 3 is 2.24 bits per heavy atom. The minimum atomic E-state index is -3.45. The summed E-state index contributed by atoms with van der Waals surface area (Å²) in [6, 6.07) is 14.3. The van der Waals surface area contributed by atoms with E-state index in [-0.39, 0.29) is 0 Å². The van der Waals surface area contributed by atoms with E-state index in [9.17, 15) is 9.46 Å². The summed E-state index contributed by atoms with van der Waals surface area (Å²) in [5.41, 5.74) is 1.96. The fourth-order valence-electron chi connectivity index (χ4n) is 1.91. The van der Waals surface area contributed by atoms with E-state index in [0.29, 0.717) is 10.6 Å². The molecule has 1 atom stereocenters. The van der Waals surface area contributed by atoms with Gasteiger partial charge in [-0.2, -0.15) is 0 Å². The van der Waals surface area contributed by atoms with E-state index in [1.807, 2.05) is 32.0 Å². The summed E-state index contributed by atoms with van der Waals surface area (Å²) in [5, 5.41) is 1.00. The first-order chi connectivity index (χ1) is 8.01. The van der Waals surface area contributed by atoms with Crippen molar-refractivity contribution in [1.29, 1.82) is 0 Å². The summed E-state index contributed by atoms with van der Waals surface area (Å²) in [6.07, 6.45) is 0. The molecule has 2 aromatic rings. The monoisotopic (exact) mass is 246 g/mol. The summed E-state index contributed by atoms with van der Waals surface area (Å²) in [5.74, 6) is 0. The number of hydrogen-bond donors (Lipinski definition) is 1. The first kappa shape index (κ1) is 12.1. The van der Waals surface area contributed by atoms with Crippen LogP contribution in [0.25, 0.3) is 0 Å². The zero-order valence-corrected chi connectivity index (χ0v) is 10.8. The topological polar surface area (TPSA) is 37.3 Å². The quantitative estimate of drug-likeness (QED) is 0.827. The Balaban J connectivity index is 2.56. The molecule has 1 N–H and O–H groups in total. The van der Waals surface area contributed by atoms with Gasteiger partial charge >= 0.3 is 0 Å². The highest BCUT2D eigenvalue weighted by Gasteiger charge is 2.25. The van der Waals surface area contributed by atoms with Crippen LogP contribution in [0.3, 0.4) is 0 Å². The molecule has 0 radical (unpaired) electrons. The van der Waals surface area contributed by atoms with Gasteiger partial charge < -0.3 is 4.89 Å². The first-order valence-corrected chi connectivity index (χ1v) is 7.14. The van der Waals surface area contributed by atoms with Gasteiger partial charge in [0.2, 0.25) is 0 Å². The molecule has 2 rings (SSSR count). The second-order valence-electron chi connectivity index (χ2n) is 4.20. The van der Waals surface area contributed by atoms with Gasteiger partial charge in [-0.15, -0.1) is 0 Å². The van der Waals surface area contributed by atoms with Crippen LogP contribution in [0.15, 0.2) is 48.5 Å². The lowest BCUT2D eigenvalue weighted by atomic mass is 10.2. The van der Waals surface area contributed by atoms with Crippen molar-refractivity contribution in [3.8, 4) is 0 Å². The minimum absolute atomic E-state index is 0.479. The van der Waals surface area contributed by atoms with Crippen LogP contribution in [-0.4, -0.2) is 4.89 Å². The maximum atomic E-state index is 12.5. The molecule has 0 saturated carbocycles. The van der Waals surface area contributed by atoms with Gasteiger partial charge in [0.25, 0.3) is 7.37 Å². The number of hydrogen-bond acceptors (Lipinski definition) is 1. The first-order valence-electron chi connectivity index (χ1n) is 5.48. The van der Waals surface area contributed by atoms with Crippen molar-refractivity contribution < 1.29 is 9.46 Å². The van der Waals surface area contributed by atoms with Gasteiger partial charge in [0.1, 0.15) is 0 Å². The van der Waals surface area contributed by atoms with E-state index >= 15 is 0 Å². The molecule has 0 amide bonds. The van der Waals surface area contributed by atoms with Gasteiger partial charge in [-0.1, -0.05) is 35.9 Å². The van der Waals surface area contributed by atoms with Gasteiger partial charge in [-0.3, -0.25) is 4.57 Å². The molecular weight excluding hydrogens is 231 g/mol. The molecule has 0 aromatic heterocycles. The third-order valence-electron chi connectivity index (χ3n) is 2.79. The molecule has 17 heavy (non-hydrogen) atoms. The zero-order chi connectivity index (χ0) is 12.5. The summed E-state index contributed by atoms with van der Waals surface area (Å²) < 4.78 is 12.5. The molecule has 0 aliphatic carbocycles. The summed E-state index contributed by atoms with van der Waals surface area (Å²) >= 11 is 0. The average Bonchev–Trinajstić information content (AvgIpc) is 2.29. The lowest BCUT2D eigenvalue weighted by Gasteiger charge is -2.14. The second kappa shape index (κ2) is 4.48. The van der Waals surface area contributed by atoms with E-state index in [0.717, 1.165) is 11.1 Å². The van der Waals surface area contributed by atoms with E-state index in [2.05, 4.69) is 0 Å². The maximum absolute atomic E-state index is 12.5. The highest BCUT2D eigenvalue weighted by atomic mass is 31.2.